The maximum Gasteiger partial charge on any atom is 0.133 e. The van der Waals surface area contributed by atoms with E-state index in [0.29, 0.717) is 5.92 Å². The average molecular weight is 545 g/mol. The molecule has 0 radical (unpaired) electrons. The van der Waals surface area contributed by atoms with Crippen molar-refractivity contribution in [3.63, 3.8) is 0 Å². The molecule has 3 unspecified atom stereocenters. The van der Waals surface area contributed by atoms with Crippen molar-refractivity contribution in [2.75, 3.05) is 16.3 Å². The summed E-state index contributed by atoms with van der Waals surface area (Å²) < 4.78 is 0. The minimum atomic E-state index is -0.0542. The molecule has 4 heteroatoms. The van der Waals surface area contributed by atoms with Crippen LogP contribution in [-0.4, -0.2) is 18.5 Å². The molecule has 1 N–H and O–H groups in total. The lowest BCUT2D eigenvalue weighted by molar-refractivity contribution is 0.638. The maximum atomic E-state index is 5.17. The summed E-state index contributed by atoms with van der Waals surface area (Å²) in [6.07, 6.45) is 3.64. The first-order valence-corrected chi connectivity index (χ1v) is 14.8. The number of anilines is 3. The molecule has 3 aliphatic heterocycles. The largest absolute Gasteiger partial charge is 0.350 e. The molecule has 42 heavy (non-hydrogen) atoms. The summed E-state index contributed by atoms with van der Waals surface area (Å²) in [5.41, 5.74) is 9.76. The number of rotatable bonds is 5. The molecule has 8 rings (SSSR count). The van der Waals surface area contributed by atoms with Crippen molar-refractivity contribution in [3.8, 4) is 0 Å². The Kier molecular flexibility index (Phi) is 6.11. The number of nitrogens with one attached hydrogen (secondary N) is 1. The van der Waals surface area contributed by atoms with Crippen LogP contribution in [0, 0.1) is 0 Å². The lowest BCUT2D eigenvalue weighted by Crippen LogP contribution is -2.41. The Bertz CT molecular complexity index is 1760. The smallest absolute Gasteiger partial charge is 0.133 e. The number of hydrogen-bond donors (Lipinski definition) is 1. The highest BCUT2D eigenvalue weighted by atomic mass is 15.4. The van der Waals surface area contributed by atoms with E-state index in [0.717, 1.165) is 35.6 Å². The van der Waals surface area contributed by atoms with E-state index in [9.17, 15) is 0 Å². The van der Waals surface area contributed by atoms with Gasteiger partial charge in [-0.1, -0.05) is 97.1 Å². The van der Waals surface area contributed by atoms with E-state index < -0.39 is 0 Å². The minimum Gasteiger partial charge on any atom is -0.350 e. The van der Waals surface area contributed by atoms with Crippen LogP contribution in [0.15, 0.2) is 151 Å². The van der Waals surface area contributed by atoms with Crippen LogP contribution in [-0.2, 0) is 0 Å². The number of nitrogens with zero attached hydrogens (tertiary/aromatic N) is 3. The average Bonchev–Trinajstić information content (AvgIpc) is 3.64. The Morgan fingerprint density at radius 1 is 0.619 bits per heavy atom. The molecule has 0 saturated carbocycles. The SMILES string of the molecule is C1=C(c2ccccc2)NC(c2ccc(N3c4ccccc4C4CCN(c5ccccc5)C43)cc2)=NC1c1ccccc1. The molecule has 5 aromatic carbocycles. The molecule has 1 saturated heterocycles. The van der Waals surface area contributed by atoms with Crippen molar-refractivity contribution < 1.29 is 0 Å². The molecule has 3 atom stereocenters. The molecule has 0 aromatic heterocycles. The van der Waals surface area contributed by atoms with Gasteiger partial charge in [-0.3, -0.25) is 4.99 Å². The van der Waals surface area contributed by atoms with Gasteiger partial charge < -0.3 is 15.1 Å². The van der Waals surface area contributed by atoms with E-state index in [1.165, 1.54) is 28.2 Å². The predicted molar refractivity (Wildman–Crippen MR) is 173 cm³/mol. The molecule has 4 nitrogen and oxygen atoms in total. The molecule has 0 aliphatic carbocycles. The van der Waals surface area contributed by atoms with E-state index in [-0.39, 0.29) is 12.2 Å². The van der Waals surface area contributed by atoms with Crippen LogP contribution in [0.5, 0.6) is 0 Å². The van der Waals surface area contributed by atoms with Crippen LogP contribution >= 0.6 is 0 Å². The highest BCUT2D eigenvalue weighted by Gasteiger charge is 2.46. The standard InChI is InChI=1S/C38H32N4/c1-4-12-27(13-5-1)34-26-35(28-14-6-2-7-15-28)40-37(39-34)29-20-22-31(23-21-29)42-36-19-11-10-18-32(36)33-24-25-41(38(33)42)30-16-8-3-9-17-30/h1-23,26,33-34,38H,24-25H2,(H,39,40). The van der Waals surface area contributed by atoms with Crippen molar-refractivity contribution in [1.29, 1.82) is 0 Å². The Labute approximate surface area is 247 Å². The van der Waals surface area contributed by atoms with Gasteiger partial charge in [-0.05, 0) is 71.7 Å². The van der Waals surface area contributed by atoms with Crippen LogP contribution in [0.4, 0.5) is 17.1 Å². The molecule has 0 bridgehead atoms. The molecular weight excluding hydrogens is 512 g/mol. The minimum absolute atomic E-state index is 0.0542. The van der Waals surface area contributed by atoms with Gasteiger partial charge in [0.1, 0.15) is 12.0 Å². The van der Waals surface area contributed by atoms with Gasteiger partial charge in [-0.25, -0.2) is 0 Å². The van der Waals surface area contributed by atoms with Gasteiger partial charge >= 0.3 is 0 Å². The van der Waals surface area contributed by atoms with Crippen LogP contribution < -0.4 is 15.1 Å². The van der Waals surface area contributed by atoms with Crippen LogP contribution in [0.25, 0.3) is 5.70 Å². The fourth-order valence-electron chi connectivity index (χ4n) is 6.84. The first-order chi connectivity index (χ1) is 20.8. The van der Waals surface area contributed by atoms with Gasteiger partial charge in [0.2, 0.25) is 0 Å². The quantitative estimate of drug-likeness (QED) is 0.241. The summed E-state index contributed by atoms with van der Waals surface area (Å²) in [6, 6.07) is 49.7. The van der Waals surface area contributed by atoms with Crippen LogP contribution in [0.3, 0.4) is 0 Å². The van der Waals surface area contributed by atoms with Gasteiger partial charge in [0.25, 0.3) is 0 Å². The highest BCUT2D eigenvalue weighted by molar-refractivity contribution is 6.05. The zero-order chi connectivity index (χ0) is 27.9. The lowest BCUT2D eigenvalue weighted by atomic mass is 9.99. The summed E-state index contributed by atoms with van der Waals surface area (Å²) in [6.45, 7) is 1.05. The van der Waals surface area contributed by atoms with E-state index in [2.05, 4.69) is 161 Å². The third kappa shape index (κ3) is 4.27. The molecule has 3 aliphatic rings. The first-order valence-electron chi connectivity index (χ1n) is 14.8. The van der Waals surface area contributed by atoms with Crippen molar-refractivity contribution in [2.24, 2.45) is 4.99 Å². The third-order valence-electron chi connectivity index (χ3n) is 8.80. The molecule has 204 valence electrons. The molecule has 3 heterocycles. The third-order valence-corrected chi connectivity index (χ3v) is 8.80. The zero-order valence-electron chi connectivity index (χ0n) is 23.3. The normalized spacial score (nSPS) is 20.8. The lowest BCUT2D eigenvalue weighted by Gasteiger charge is -2.35. The molecule has 0 amide bonds. The van der Waals surface area contributed by atoms with Gasteiger partial charge in [0.05, 0.1) is 6.04 Å². The fourth-order valence-corrected chi connectivity index (χ4v) is 6.84. The van der Waals surface area contributed by atoms with E-state index in [1.54, 1.807) is 0 Å². The van der Waals surface area contributed by atoms with E-state index in [1.807, 2.05) is 0 Å². The number of hydrogen-bond acceptors (Lipinski definition) is 4. The summed E-state index contributed by atoms with van der Waals surface area (Å²) in [4.78, 5) is 10.3. The summed E-state index contributed by atoms with van der Waals surface area (Å²) >= 11 is 0. The number of para-hydroxylation sites is 2. The van der Waals surface area contributed by atoms with E-state index >= 15 is 0 Å². The van der Waals surface area contributed by atoms with Gasteiger partial charge in [-0.2, -0.15) is 0 Å². The monoisotopic (exact) mass is 544 g/mol. The first kappa shape index (κ1) is 24.7. The van der Waals surface area contributed by atoms with Crippen LogP contribution in [0.2, 0.25) is 0 Å². The van der Waals surface area contributed by atoms with Gasteiger partial charge in [-0.15, -0.1) is 0 Å². The van der Waals surface area contributed by atoms with Crippen molar-refractivity contribution in [3.05, 3.63) is 168 Å². The summed E-state index contributed by atoms with van der Waals surface area (Å²) in [5, 5.41) is 3.65. The van der Waals surface area contributed by atoms with Gasteiger partial charge in [0, 0.05) is 40.8 Å². The highest BCUT2D eigenvalue weighted by Crippen LogP contribution is 2.51. The second-order valence-corrected chi connectivity index (χ2v) is 11.2. The number of benzene rings is 5. The zero-order valence-corrected chi connectivity index (χ0v) is 23.3. The van der Waals surface area contributed by atoms with Crippen molar-refractivity contribution >= 4 is 28.6 Å². The van der Waals surface area contributed by atoms with Gasteiger partial charge in [0.15, 0.2) is 0 Å². The fraction of sp³-hybridized carbons (Fsp3) is 0.132. The summed E-state index contributed by atoms with van der Waals surface area (Å²) in [5.74, 6) is 1.37. The molecule has 0 spiro atoms. The Hall–Kier alpha value is -5.09. The Morgan fingerprint density at radius 3 is 2.05 bits per heavy atom. The maximum absolute atomic E-state index is 5.17. The molecule has 5 aromatic rings. The summed E-state index contributed by atoms with van der Waals surface area (Å²) in [7, 11) is 0. The Morgan fingerprint density at radius 2 is 1.29 bits per heavy atom. The molecule has 1 fully saturated rings. The van der Waals surface area contributed by atoms with Crippen molar-refractivity contribution in [1.82, 2.24) is 5.32 Å². The number of aliphatic imine (C=N–C) groups is 1. The second kappa shape index (κ2) is 10.4. The molecular formula is C38H32N4. The van der Waals surface area contributed by atoms with E-state index in [4.69, 9.17) is 4.99 Å². The number of fused-ring (bicyclic) bond motifs is 3. The van der Waals surface area contributed by atoms with Crippen molar-refractivity contribution in [2.45, 2.75) is 24.5 Å². The van der Waals surface area contributed by atoms with Crippen LogP contribution in [0.1, 0.15) is 40.6 Å². The second-order valence-electron chi connectivity index (χ2n) is 11.2. The number of amidine groups is 1. The Balaban J connectivity index is 1.15. The topological polar surface area (TPSA) is 30.9 Å². The predicted octanol–water partition coefficient (Wildman–Crippen LogP) is 8.29.